The smallest absolute Gasteiger partial charge is 0.240 e. The fourth-order valence-electron chi connectivity index (χ4n) is 1.90. The molecule has 0 aliphatic heterocycles. The van der Waals surface area contributed by atoms with Crippen molar-refractivity contribution in [3.63, 3.8) is 0 Å². The summed E-state index contributed by atoms with van der Waals surface area (Å²) in [6.45, 7) is 10.5. The minimum absolute atomic E-state index is 0.0209. The number of carbonyl (C=O) groups is 1. The average molecular weight is 297 g/mol. The van der Waals surface area contributed by atoms with Crippen LogP contribution in [0.15, 0.2) is 24.3 Å². The van der Waals surface area contributed by atoms with Crippen molar-refractivity contribution in [3.05, 3.63) is 34.9 Å². The standard InChI is InChI=1S/C16H25ClN2O/c1-11(2)19(15(20)14(18)16(3,4)5)10-12-7-6-8-13(17)9-12/h6-9,11,14H,10,18H2,1-5H3/t14-/m1/s1. The Hall–Kier alpha value is -1.06. The van der Waals surface area contributed by atoms with Gasteiger partial charge in [0.1, 0.15) is 0 Å². The predicted octanol–water partition coefficient (Wildman–Crippen LogP) is 3.45. The molecule has 0 heterocycles. The monoisotopic (exact) mass is 296 g/mol. The third-order valence-corrected chi connectivity index (χ3v) is 3.58. The molecule has 0 unspecified atom stereocenters. The van der Waals surface area contributed by atoms with E-state index in [1.165, 1.54) is 0 Å². The summed E-state index contributed by atoms with van der Waals surface area (Å²) in [7, 11) is 0. The zero-order chi connectivity index (χ0) is 15.5. The summed E-state index contributed by atoms with van der Waals surface area (Å²) < 4.78 is 0. The number of rotatable bonds is 4. The van der Waals surface area contributed by atoms with Crippen molar-refractivity contribution in [2.24, 2.45) is 11.1 Å². The molecule has 0 bridgehead atoms. The normalized spacial score (nSPS) is 13.4. The van der Waals surface area contributed by atoms with E-state index in [1.807, 2.05) is 63.8 Å². The van der Waals surface area contributed by atoms with Gasteiger partial charge in [-0.2, -0.15) is 0 Å². The lowest BCUT2D eigenvalue weighted by Gasteiger charge is -2.34. The van der Waals surface area contributed by atoms with Gasteiger partial charge in [-0.05, 0) is 37.0 Å². The first kappa shape index (κ1) is 17.0. The molecule has 0 aliphatic carbocycles. The van der Waals surface area contributed by atoms with Crippen LogP contribution in [0.5, 0.6) is 0 Å². The molecule has 3 nitrogen and oxygen atoms in total. The lowest BCUT2D eigenvalue weighted by atomic mass is 9.86. The molecule has 1 aromatic carbocycles. The summed E-state index contributed by atoms with van der Waals surface area (Å²) >= 11 is 5.99. The fraction of sp³-hybridized carbons (Fsp3) is 0.562. The van der Waals surface area contributed by atoms with E-state index in [4.69, 9.17) is 17.3 Å². The van der Waals surface area contributed by atoms with Crippen LogP contribution in [-0.4, -0.2) is 22.9 Å². The molecule has 0 aliphatic rings. The number of nitrogens with two attached hydrogens (primary N) is 1. The van der Waals surface area contributed by atoms with Gasteiger partial charge in [-0.1, -0.05) is 44.5 Å². The summed E-state index contributed by atoms with van der Waals surface area (Å²) in [4.78, 5) is 14.4. The van der Waals surface area contributed by atoms with E-state index in [0.29, 0.717) is 11.6 Å². The van der Waals surface area contributed by atoms with Gasteiger partial charge in [0.2, 0.25) is 5.91 Å². The minimum Gasteiger partial charge on any atom is -0.335 e. The summed E-state index contributed by atoms with van der Waals surface area (Å²) in [6, 6.07) is 7.15. The molecule has 112 valence electrons. The third kappa shape index (κ3) is 4.50. The molecule has 0 aromatic heterocycles. The largest absolute Gasteiger partial charge is 0.335 e. The molecule has 4 heteroatoms. The topological polar surface area (TPSA) is 46.3 Å². The van der Waals surface area contributed by atoms with Crippen molar-refractivity contribution in [1.82, 2.24) is 4.90 Å². The number of carbonyl (C=O) groups excluding carboxylic acids is 1. The van der Waals surface area contributed by atoms with Gasteiger partial charge in [-0.3, -0.25) is 4.79 Å². The minimum atomic E-state index is -0.510. The molecule has 2 N–H and O–H groups in total. The number of hydrogen-bond acceptors (Lipinski definition) is 2. The quantitative estimate of drug-likeness (QED) is 0.925. The van der Waals surface area contributed by atoms with Crippen LogP contribution in [0.25, 0.3) is 0 Å². The summed E-state index contributed by atoms with van der Waals surface area (Å²) in [5.41, 5.74) is 6.86. The number of hydrogen-bond donors (Lipinski definition) is 1. The van der Waals surface area contributed by atoms with Gasteiger partial charge in [0.15, 0.2) is 0 Å². The number of benzene rings is 1. The van der Waals surface area contributed by atoms with Gasteiger partial charge >= 0.3 is 0 Å². The molecular formula is C16H25ClN2O. The van der Waals surface area contributed by atoms with E-state index in [2.05, 4.69) is 0 Å². The molecule has 0 spiro atoms. The second-order valence-electron chi connectivity index (χ2n) is 6.53. The first-order valence-corrected chi connectivity index (χ1v) is 7.31. The Morgan fingerprint density at radius 2 is 1.95 bits per heavy atom. The highest BCUT2D eigenvalue weighted by atomic mass is 35.5. The number of halogens is 1. The Balaban J connectivity index is 2.93. The van der Waals surface area contributed by atoms with Crippen molar-refractivity contribution in [2.75, 3.05) is 0 Å². The summed E-state index contributed by atoms with van der Waals surface area (Å²) in [5, 5.41) is 0.679. The molecule has 0 radical (unpaired) electrons. The van der Waals surface area contributed by atoms with Gasteiger partial charge in [-0.25, -0.2) is 0 Å². The van der Waals surface area contributed by atoms with Crippen LogP contribution >= 0.6 is 11.6 Å². The Kier molecular flexibility index (Phi) is 5.60. The van der Waals surface area contributed by atoms with Crippen molar-refractivity contribution >= 4 is 17.5 Å². The Labute approximate surface area is 127 Å². The molecule has 1 aromatic rings. The first-order valence-electron chi connectivity index (χ1n) is 6.93. The molecule has 20 heavy (non-hydrogen) atoms. The van der Waals surface area contributed by atoms with Crippen LogP contribution in [-0.2, 0) is 11.3 Å². The van der Waals surface area contributed by atoms with Gasteiger partial charge in [0.25, 0.3) is 0 Å². The van der Waals surface area contributed by atoms with E-state index in [-0.39, 0.29) is 17.4 Å². The Morgan fingerprint density at radius 1 is 1.35 bits per heavy atom. The van der Waals surface area contributed by atoms with Gasteiger partial charge in [0.05, 0.1) is 6.04 Å². The van der Waals surface area contributed by atoms with E-state index < -0.39 is 6.04 Å². The molecular weight excluding hydrogens is 272 g/mol. The lowest BCUT2D eigenvalue weighted by molar-refractivity contribution is -0.137. The maximum absolute atomic E-state index is 12.6. The van der Waals surface area contributed by atoms with Crippen molar-refractivity contribution in [3.8, 4) is 0 Å². The van der Waals surface area contributed by atoms with Crippen molar-refractivity contribution < 1.29 is 4.79 Å². The van der Waals surface area contributed by atoms with Gasteiger partial charge in [-0.15, -0.1) is 0 Å². The van der Waals surface area contributed by atoms with E-state index in [1.54, 1.807) is 0 Å². The van der Waals surface area contributed by atoms with Crippen LogP contribution < -0.4 is 5.73 Å². The van der Waals surface area contributed by atoms with Crippen LogP contribution in [0, 0.1) is 5.41 Å². The summed E-state index contributed by atoms with van der Waals surface area (Å²) in [5.74, 6) is -0.0209. The second kappa shape index (κ2) is 6.59. The lowest BCUT2D eigenvalue weighted by Crippen LogP contribution is -2.52. The van der Waals surface area contributed by atoms with Crippen LogP contribution in [0.1, 0.15) is 40.2 Å². The van der Waals surface area contributed by atoms with E-state index in [0.717, 1.165) is 5.56 Å². The highest BCUT2D eigenvalue weighted by Crippen LogP contribution is 2.21. The van der Waals surface area contributed by atoms with Gasteiger partial charge in [0, 0.05) is 17.6 Å². The van der Waals surface area contributed by atoms with Crippen LogP contribution in [0.4, 0.5) is 0 Å². The van der Waals surface area contributed by atoms with Crippen molar-refractivity contribution in [2.45, 2.75) is 53.2 Å². The number of amides is 1. The summed E-state index contributed by atoms with van der Waals surface area (Å²) in [6.07, 6.45) is 0. The van der Waals surface area contributed by atoms with E-state index >= 15 is 0 Å². The highest BCUT2D eigenvalue weighted by Gasteiger charge is 2.32. The zero-order valence-electron chi connectivity index (χ0n) is 13.0. The number of nitrogens with zero attached hydrogens (tertiary/aromatic N) is 1. The van der Waals surface area contributed by atoms with Crippen molar-refractivity contribution in [1.29, 1.82) is 0 Å². The first-order chi connectivity index (χ1) is 9.12. The maximum atomic E-state index is 12.6. The SMILES string of the molecule is CC(C)N(Cc1cccc(Cl)c1)C(=O)[C@@H](N)C(C)(C)C. The third-order valence-electron chi connectivity index (χ3n) is 3.35. The van der Waals surface area contributed by atoms with Crippen LogP contribution in [0.3, 0.4) is 0 Å². The molecule has 0 saturated heterocycles. The van der Waals surface area contributed by atoms with Gasteiger partial charge < -0.3 is 10.6 Å². The molecule has 0 fully saturated rings. The zero-order valence-corrected chi connectivity index (χ0v) is 13.7. The highest BCUT2D eigenvalue weighted by molar-refractivity contribution is 6.30. The average Bonchev–Trinajstić information content (AvgIpc) is 2.33. The van der Waals surface area contributed by atoms with E-state index in [9.17, 15) is 4.79 Å². The molecule has 1 amide bonds. The van der Waals surface area contributed by atoms with Crippen LogP contribution in [0.2, 0.25) is 5.02 Å². The Morgan fingerprint density at radius 3 is 2.40 bits per heavy atom. The maximum Gasteiger partial charge on any atom is 0.240 e. The second-order valence-corrected chi connectivity index (χ2v) is 6.97. The predicted molar refractivity (Wildman–Crippen MR) is 84.6 cm³/mol. The molecule has 1 atom stereocenters. The fourth-order valence-corrected chi connectivity index (χ4v) is 2.11. The molecule has 0 saturated carbocycles. The molecule has 1 rings (SSSR count). The Bertz CT molecular complexity index is 466.